The van der Waals surface area contributed by atoms with E-state index in [9.17, 15) is 9.59 Å². The zero-order valence-corrected chi connectivity index (χ0v) is 14.7. The first-order chi connectivity index (χ1) is 12.6. The summed E-state index contributed by atoms with van der Waals surface area (Å²) in [4.78, 5) is 24.9. The number of benzene rings is 2. The van der Waals surface area contributed by atoms with Crippen LogP contribution in [0.3, 0.4) is 0 Å². The van der Waals surface area contributed by atoms with Crippen molar-refractivity contribution in [3.05, 3.63) is 66.1 Å². The van der Waals surface area contributed by atoms with E-state index in [-0.39, 0.29) is 30.7 Å². The molecule has 0 aliphatic rings. The second-order valence-corrected chi connectivity index (χ2v) is 5.90. The second kappa shape index (κ2) is 7.74. The van der Waals surface area contributed by atoms with E-state index in [1.165, 1.54) is 11.9 Å². The van der Waals surface area contributed by atoms with Crippen molar-refractivity contribution in [1.82, 2.24) is 10.2 Å². The van der Waals surface area contributed by atoms with Crippen LogP contribution in [-0.4, -0.2) is 37.4 Å². The number of carbonyl (C=O) groups excluding carboxylic acids is 2. The van der Waals surface area contributed by atoms with E-state index in [1.807, 2.05) is 42.5 Å². The molecule has 1 aromatic heterocycles. The molecule has 0 aliphatic heterocycles. The summed E-state index contributed by atoms with van der Waals surface area (Å²) in [5.41, 5.74) is 0. The number of nitrogens with zero attached hydrogens (tertiary/aromatic N) is 1. The number of rotatable bonds is 6. The van der Waals surface area contributed by atoms with Crippen LogP contribution in [0.25, 0.3) is 10.8 Å². The molecule has 134 valence electrons. The maximum atomic E-state index is 12.2. The molecular formula is C20H20N2O4. The van der Waals surface area contributed by atoms with Gasteiger partial charge in [-0.1, -0.05) is 30.3 Å². The van der Waals surface area contributed by atoms with Gasteiger partial charge in [0.15, 0.2) is 5.76 Å². The Bertz CT molecular complexity index is 932. The summed E-state index contributed by atoms with van der Waals surface area (Å²) in [6.07, 6.45) is 0. The lowest BCUT2D eigenvalue weighted by molar-refractivity contribution is -0.121. The Morgan fingerprint density at radius 3 is 2.62 bits per heavy atom. The smallest absolute Gasteiger partial charge is 0.289 e. The first kappa shape index (κ1) is 17.5. The number of amides is 2. The van der Waals surface area contributed by atoms with Gasteiger partial charge >= 0.3 is 0 Å². The van der Waals surface area contributed by atoms with E-state index >= 15 is 0 Å². The third kappa shape index (κ3) is 4.03. The van der Waals surface area contributed by atoms with E-state index in [0.29, 0.717) is 5.76 Å². The molecule has 0 atom stereocenters. The van der Waals surface area contributed by atoms with Crippen molar-refractivity contribution in [2.75, 3.05) is 20.6 Å². The van der Waals surface area contributed by atoms with Crippen molar-refractivity contribution in [1.29, 1.82) is 0 Å². The predicted molar refractivity (Wildman–Crippen MR) is 98.0 cm³/mol. The van der Waals surface area contributed by atoms with E-state index in [2.05, 4.69) is 5.32 Å². The second-order valence-electron chi connectivity index (χ2n) is 5.90. The molecule has 1 N–H and O–H groups in total. The van der Waals surface area contributed by atoms with Crippen LogP contribution in [0.1, 0.15) is 16.3 Å². The fraction of sp³-hybridized carbons (Fsp3) is 0.200. The lowest BCUT2D eigenvalue weighted by Crippen LogP contribution is -2.36. The zero-order valence-electron chi connectivity index (χ0n) is 14.7. The Kier molecular flexibility index (Phi) is 5.22. The largest absolute Gasteiger partial charge is 0.486 e. The number of fused-ring (bicyclic) bond motifs is 1. The van der Waals surface area contributed by atoms with Gasteiger partial charge in [-0.2, -0.15) is 0 Å². The summed E-state index contributed by atoms with van der Waals surface area (Å²) >= 11 is 0. The minimum absolute atomic E-state index is 0.0288. The van der Waals surface area contributed by atoms with Gasteiger partial charge in [-0.15, -0.1) is 0 Å². The van der Waals surface area contributed by atoms with Gasteiger partial charge in [0.2, 0.25) is 5.91 Å². The number of furan rings is 1. The first-order valence-corrected chi connectivity index (χ1v) is 8.23. The minimum Gasteiger partial charge on any atom is -0.486 e. The van der Waals surface area contributed by atoms with E-state index in [0.717, 1.165) is 16.5 Å². The number of ether oxygens (including phenoxy) is 1. The molecule has 0 bridgehead atoms. The van der Waals surface area contributed by atoms with Gasteiger partial charge in [-0.05, 0) is 35.0 Å². The normalized spacial score (nSPS) is 10.5. The molecule has 0 fully saturated rings. The molecule has 3 rings (SSSR count). The highest BCUT2D eigenvalue weighted by Crippen LogP contribution is 2.22. The average Bonchev–Trinajstić information content (AvgIpc) is 3.14. The van der Waals surface area contributed by atoms with Crippen LogP contribution in [0.2, 0.25) is 0 Å². The van der Waals surface area contributed by atoms with Crippen LogP contribution >= 0.6 is 0 Å². The fourth-order valence-electron chi connectivity index (χ4n) is 2.54. The summed E-state index contributed by atoms with van der Waals surface area (Å²) in [6.45, 7) is 0.184. The Balaban J connectivity index is 1.62. The third-order valence-electron chi connectivity index (χ3n) is 3.98. The monoisotopic (exact) mass is 352 g/mol. The van der Waals surface area contributed by atoms with Crippen molar-refractivity contribution < 1.29 is 18.7 Å². The summed E-state index contributed by atoms with van der Waals surface area (Å²) in [6, 6.07) is 17.2. The number of carbonyl (C=O) groups is 2. The van der Waals surface area contributed by atoms with Crippen molar-refractivity contribution in [2.24, 2.45) is 0 Å². The number of nitrogens with one attached hydrogen (secondary N) is 1. The van der Waals surface area contributed by atoms with Gasteiger partial charge in [0.25, 0.3) is 5.91 Å². The van der Waals surface area contributed by atoms with Gasteiger partial charge in [0.05, 0.1) is 6.54 Å². The summed E-state index contributed by atoms with van der Waals surface area (Å²) < 4.78 is 11.3. The Morgan fingerprint density at radius 1 is 1.08 bits per heavy atom. The Labute approximate surface area is 151 Å². The third-order valence-corrected chi connectivity index (χ3v) is 3.98. The van der Waals surface area contributed by atoms with Crippen LogP contribution in [0.15, 0.2) is 59.0 Å². The van der Waals surface area contributed by atoms with E-state index in [4.69, 9.17) is 9.15 Å². The quantitative estimate of drug-likeness (QED) is 0.740. The molecule has 6 heteroatoms. The standard InChI is InChI=1S/C20H20N2O4/c1-21-19(23)12-22(2)20(24)18-10-9-17(26-18)13-25-16-8-7-14-5-3-4-6-15(14)11-16/h3-11H,12-13H2,1-2H3,(H,21,23). The highest BCUT2D eigenvalue weighted by Gasteiger charge is 2.18. The van der Waals surface area contributed by atoms with Crippen molar-refractivity contribution >= 4 is 22.6 Å². The topological polar surface area (TPSA) is 71.8 Å². The van der Waals surface area contributed by atoms with Crippen LogP contribution in [-0.2, 0) is 11.4 Å². The van der Waals surface area contributed by atoms with Crippen LogP contribution < -0.4 is 10.1 Å². The molecule has 2 aromatic carbocycles. The highest BCUT2D eigenvalue weighted by atomic mass is 16.5. The molecular weight excluding hydrogens is 332 g/mol. The number of hydrogen-bond donors (Lipinski definition) is 1. The molecule has 0 spiro atoms. The van der Waals surface area contributed by atoms with Gasteiger partial charge in [0.1, 0.15) is 18.1 Å². The summed E-state index contributed by atoms with van der Waals surface area (Å²) in [5.74, 6) is 0.839. The van der Waals surface area contributed by atoms with E-state index < -0.39 is 0 Å². The minimum atomic E-state index is -0.356. The predicted octanol–water partition coefficient (Wildman–Crippen LogP) is 2.83. The maximum Gasteiger partial charge on any atom is 0.289 e. The van der Waals surface area contributed by atoms with Crippen molar-refractivity contribution in [3.8, 4) is 5.75 Å². The summed E-state index contributed by atoms with van der Waals surface area (Å²) in [7, 11) is 3.07. The van der Waals surface area contributed by atoms with Crippen LogP contribution in [0.4, 0.5) is 0 Å². The summed E-state index contributed by atoms with van der Waals surface area (Å²) in [5, 5.41) is 4.71. The van der Waals surface area contributed by atoms with Crippen molar-refractivity contribution in [2.45, 2.75) is 6.61 Å². The molecule has 2 amide bonds. The molecule has 0 saturated carbocycles. The Morgan fingerprint density at radius 2 is 1.85 bits per heavy atom. The SMILES string of the molecule is CNC(=O)CN(C)C(=O)c1ccc(COc2ccc3ccccc3c2)o1. The fourth-order valence-corrected chi connectivity index (χ4v) is 2.54. The molecule has 26 heavy (non-hydrogen) atoms. The van der Waals surface area contributed by atoms with E-state index in [1.54, 1.807) is 19.2 Å². The lowest BCUT2D eigenvalue weighted by atomic mass is 10.1. The molecule has 0 saturated heterocycles. The molecule has 0 aliphatic carbocycles. The van der Waals surface area contributed by atoms with Gasteiger partial charge in [-0.3, -0.25) is 9.59 Å². The van der Waals surface area contributed by atoms with Gasteiger partial charge in [0, 0.05) is 14.1 Å². The number of hydrogen-bond acceptors (Lipinski definition) is 4. The molecule has 6 nitrogen and oxygen atoms in total. The van der Waals surface area contributed by atoms with Crippen LogP contribution in [0, 0.1) is 0 Å². The molecule has 0 unspecified atom stereocenters. The average molecular weight is 352 g/mol. The molecule has 3 aromatic rings. The first-order valence-electron chi connectivity index (χ1n) is 8.23. The maximum absolute atomic E-state index is 12.2. The lowest BCUT2D eigenvalue weighted by Gasteiger charge is -2.14. The zero-order chi connectivity index (χ0) is 18.5. The van der Waals surface area contributed by atoms with Crippen LogP contribution in [0.5, 0.6) is 5.75 Å². The van der Waals surface area contributed by atoms with Gasteiger partial charge < -0.3 is 19.4 Å². The highest BCUT2D eigenvalue weighted by molar-refractivity contribution is 5.94. The molecule has 0 radical (unpaired) electrons. The van der Waals surface area contributed by atoms with Crippen molar-refractivity contribution in [3.63, 3.8) is 0 Å². The Hall–Kier alpha value is -3.28. The molecule has 1 heterocycles. The number of likely N-dealkylation sites (N-methyl/N-ethyl adjacent to an activating group) is 2. The van der Waals surface area contributed by atoms with Gasteiger partial charge in [-0.25, -0.2) is 0 Å².